The van der Waals surface area contributed by atoms with Crippen LogP contribution >= 0.6 is 0 Å². The van der Waals surface area contributed by atoms with Crippen molar-refractivity contribution in [2.24, 2.45) is 11.8 Å². The van der Waals surface area contributed by atoms with E-state index >= 15 is 0 Å². The van der Waals surface area contributed by atoms with E-state index in [-0.39, 0.29) is 0 Å². The van der Waals surface area contributed by atoms with E-state index in [1.165, 1.54) is 11.6 Å². The minimum Gasteiger partial charge on any atom is -0.357 e. The fraction of sp³-hybridized carbons (Fsp3) is 0.438. The predicted molar refractivity (Wildman–Crippen MR) is 82.5 cm³/mol. The van der Waals surface area contributed by atoms with E-state index in [0.29, 0.717) is 11.8 Å². The van der Waals surface area contributed by atoms with Gasteiger partial charge in [-0.15, -0.1) is 0 Å². The molecule has 2 heterocycles. The average molecular weight is 281 g/mol. The Bertz CT molecular complexity index is 774. The number of hydrogen-bond acceptors (Lipinski definition) is 4. The highest BCUT2D eigenvalue weighted by molar-refractivity contribution is 5.57. The fourth-order valence-electron chi connectivity index (χ4n) is 3.11. The summed E-state index contributed by atoms with van der Waals surface area (Å²) in [7, 11) is 0. The monoisotopic (exact) mass is 281 g/mol. The van der Waals surface area contributed by atoms with Gasteiger partial charge in [0.25, 0.3) is 0 Å². The first kappa shape index (κ1) is 12.6. The highest BCUT2D eigenvalue weighted by atomic mass is 15.3. The molecule has 2 atom stereocenters. The second kappa shape index (κ2) is 4.69. The molecule has 2 aromatic rings. The molecular formula is C16H19N5. The molecule has 5 heteroatoms. The van der Waals surface area contributed by atoms with Crippen molar-refractivity contribution >= 4 is 18.0 Å². The normalized spacial score (nSPS) is 21.8. The fourth-order valence-corrected chi connectivity index (χ4v) is 3.11. The summed E-state index contributed by atoms with van der Waals surface area (Å²) in [5.41, 5.74) is 1.08. The summed E-state index contributed by atoms with van der Waals surface area (Å²) in [5, 5.41) is 6.62. The third kappa shape index (κ3) is 2.04. The Morgan fingerprint density at radius 1 is 1.24 bits per heavy atom. The summed E-state index contributed by atoms with van der Waals surface area (Å²) in [5.74, 6) is 2.41. The average Bonchev–Trinajstić information content (AvgIpc) is 3.04. The maximum Gasteiger partial charge on any atom is 0.138 e. The van der Waals surface area contributed by atoms with Crippen LogP contribution in [0, 0.1) is 11.8 Å². The second-order valence-corrected chi connectivity index (χ2v) is 5.71. The molecule has 0 N–H and O–H groups in total. The second-order valence-electron chi connectivity index (χ2n) is 5.71. The third-order valence-corrected chi connectivity index (χ3v) is 4.45. The zero-order valence-electron chi connectivity index (χ0n) is 12.4. The van der Waals surface area contributed by atoms with Crippen molar-refractivity contribution in [3.8, 4) is 5.69 Å². The largest absolute Gasteiger partial charge is 0.357 e. The minimum absolute atomic E-state index is 0.695. The lowest BCUT2D eigenvalue weighted by Gasteiger charge is -2.21. The van der Waals surface area contributed by atoms with Crippen molar-refractivity contribution < 1.29 is 0 Å². The first-order chi connectivity index (χ1) is 10.3. The molecule has 0 bridgehead atoms. The van der Waals surface area contributed by atoms with Gasteiger partial charge in [0.05, 0.1) is 11.0 Å². The van der Waals surface area contributed by atoms with E-state index in [9.17, 15) is 0 Å². The molecule has 0 aromatic carbocycles. The highest BCUT2D eigenvalue weighted by Gasteiger charge is 2.35. The summed E-state index contributed by atoms with van der Waals surface area (Å²) in [6.07, 6.45) is 9.28. The molecule has 2 aliphatic carbocycles. The molecule has 0 spiro atoms. The van der Waals surface area contributed by atoms with E-state index in [2.05, 4.69) is 47.0 Å². The molecule has 2 unspecified atom stereocenters. The summed E-state index contributed by atoms with van der Waals surface area (Å²) >= 11 is 0. The van der Waals surface area contributed by atoms with E-state index in [1.807, 2.05) is 4.68 Å². The van der Waals surface area contributed by atoms with Gasteiger partial charge in [-0.1, -0.05) is 12.2 Å². The highest BCUT2D eigenvalue weighted by Crippen LogP contribution is 2.42. The number of fused-ring (bicyclic) bond motifs is 2. The maximum absolute atomic E-state index is 4.88. The van der Waals surface area contributed by atoms with Gasteiger partial charge < -0.3 is 4.90 Å². The van der Waals surface area contributed by atoms with Crippen LogP contribution in [0.15, 0.2) is 18.7 Å². The SMILES string of the molecule is CCN(CC)c1cc(-n2cncn2)c2c(n1)=CC1CC1C=2. The van der Waals surface area contributed by atoms with Crippen LogP contribution in [0.1, 0.15) is 20.3 Å². The van der Waals surface area contributed by atoms with Gasteiger partial charge in [0.1, 0.15) is 18.5 Å². The van der Waals surface area contributed by atoms with E-state index in [1.54, 1.807) is 12.7 Å². The van der Waals surface area contributed by atoms with Crippen molar-refractivity contribution in [1.82, 2.24) is 19.7 Å². The number of nitrogens with zero attached hydrogens (tertiary/aromatic N) is 5. The lowest BCUT2D eigenvalue weighted by molar-refractivity contribution is 0.822. The molecule has 2 aliphatic rings. The molecule has 108 valence electrons. The molecule has 4 rings (SSSR count). The van der Waals surface area contributed by atoms with Gasteiger partial charge in [-0.05, 0) is 32.1 Å². The van der Waals surface area contributed by atoms with Crippen LogP contribution in [0.3, 0.4) is 0 Å². The van der Waals surface area contributed by atoms with Crippen LogP contribution in [0.5, 0.6) is 0 Å². The van der Waals surface area contributed by atoms with Crippen LogP contribution in [0.2, 0.25) is 0 Å². The lowest BCUT2D eigenvalue weighted by Crippen LogP contribution is -2.37. The topological polar surface area (TPSA) is 46.8 Å². The van der Waals surface area contributed by atoms with Crippen LogP contribution < -0.4 is 15.5 Å². The number of hydrogen-bond donors (Lipinski definition) is 0. The van der Waals surface area contributed by atoms with E-state index < -0.39 is 0 Å². The Morgan fingerprint density at radius 2 is 2.05 bits per heavy atom. The zero-order chi connectivity index (χ0) is 14.4. The summed E-state index contributed by atoms with van der Waals surface area (Å²) in [6, 6.07) is 2.13. The van der Waals surface area contributed by atoms with Gasteiger partial charge in [-0.2, -0.15) is 5.10 Å². The number of rotatable bonds is 4. The smallest absolute Gasteiger partial charge is 0.138 e. The van der Waals surface area contributed by atoms with Crippen molar-refractivity contribution in [2.45, 2.75) is 20.3 Å². The van der Waals surface area contributed by atoms with Gasteiger partial charge in [0.15, 0.2) is 0 Å². The van der Waals surface area contributed by atoms with Crippen LogP contribution in [0.4, 0.5) is 5.82 Å². The van der Waals surface area contributed by atoms with E-state index in [4.69, 9.17) is 4.98 Å². The molecule has 0 saturated heterocycles. The zero-order valence-corrected chi connectivity index (χ0v) is 12.4. The minimum atomic E-state index is 0.695. The Hall–Kier alpha value is -2.17. The van der Waals surface area contributed by atoms with Crippen LogP contribution in [-0.4, -0.2) is 32.8 Å². The summed E-state index contributed by atoms with van der Waals surface area (Å²) < 4.78 is 1.85. The van der Waals surface area contributed by atoms with Gasteiger partial charge in [-0.3, -0.25) is 0 Å². The Kier molecular flexibility index (Phi) is 2.80. The Balaban J connectivity index is 1.97. The van der Waals surface area contributed by atoms with Crippen molar-refractivity contribution in [2.75, 3.05) is 18.0 Å². The van der Waals surface area contributed by atoms with Crippen molar-refractivity contribution in [3.05, 3.63) is 29.3 Å². The number of anilines is 1. The van der Waals surface area contributed by atoms with Gasteiger partial charge in [0, 0.05) is 24.4 Å². The molecule has 1 fully saturated rings. The third-order valence-electron chi connectivity index (χ3n) is 4.45. The molecule has 0 radical (unpaired) electrons. The molecule has 0 aliphatic heterocycles. The molecule has 21 heavy (non-hydrogen) atoms. The molecule has 1 saturated carbocycles. The first-order valence-electron chi connectivity index (χ1n) is 7.65. The molecule has 2 aromatic heterocycles. The summed E-state index contributed by atoms with van der Waals surface area (Å²) in [4.78, 5) is 11.2. The Labute approximate surface area is 123 Å². The predicted octanol–water partition coefficient (Wildman–Crippen LogP) is 0.719. The first-order valence-corrected chi connectivity index (χ1v) is 7.65. The summed E-state index contributed by atoms with van der Waals surface area (Å²) in [6.45, 7) is 6.22. The molecular weight excluding hydrogens is 262 g/mol. The molecule has 0 amide bonds. The maximum atomic E-state index is 4.88. The standard InChI is InChI=1S/C16H19N5/c1-3-20(4-2)16-8-15(21-10-17-9-18-21)13-6-11-5-12(11)7-14(13)19-16/h6-12H,3-5H2,1-2H3. The lowest BCUT2D eigenvalue weighted by atomic mass is 10.1. The van der Waals surface area contributed by atoms with Crippen molar-refractivity contribution in [3.63, 3.8) is 0 Å². The quantitative estimate of drug-likeness (QED) is 0.828. The van der Waals surface area contributed by atoms with Crippen molar-refractivity contribution in [1.29, 1.82) is 0 Å². The van der Waals surface area contributed by atoms with Crippen LogP contribution in [0.25, 0.3) is 17.8 Å². The van der Waals surface area contributed by atoms with Gasteiger partial charge in [0.2, 0.25) is 0 Å². The van der Waals surface area contributed by atoms with E-state index in [0.717, 1.165) is 29.9 Å². The molecule has 5 nitrogen and oxygen atoms in total. The van der Waals surface area contributed by atoms with Crippen LogP contribution in [-0.2, 0) is 0 Å². The van der Waals surface area contributed by atoms with Gasteiger partial charge >= 0.3 is 0 Å². The Morgan fingerprint density at radius 3 is 2.76 bits per heavy atom. The van der Waals surface area contributed by atoms with Gasteiger partial charge in [-0.25, -0.2) is 14.6 Å². The number of aromatic nitrogens is 4. The number of pyridine rings is 1.